The van der Waals surface area contributed by atoms with E-state index in [1.807, 2.05) is 36.5 Å². The maximum atomic E-state index is 4.31. The van der Waals surface area contributed by atoms with E-state index in [1.165, 1.54) is 11.1 Å². The molecule has 0 atom stereocenters. The number of thiol groups is 1. The average Bonchev–Trinajstić information content (AvgIpc) is 2.19. The smallest absolute Gasteiger partial charge is 0.0704 e. The zero-order valence-corrected chi connectivity index (χ0v) is 8.83. The predicted molar refractivity (Wildman–Crippen MR) is 61.7 cm³/mol. The van der Waals surface area contributed by atoms with Gasteiger partial charge in [-0.2, -0.15) is 0 Å². The van der Waals surface area contributed by atoms with Crippen molar-refractivity contribution in [3.63, 3.8) is 0 Å². The fourth-order valence-electron chi connectivity index (χ4n) is 1.46. The highest BCUT2D eigenvalue weighted by Crippen LogP contribution is 2.22. The molecule has 70 valence electrons. The second kappa shape index (κ2) is 3.84. The Morgan fingerprint density at radius 3 is 2.64 bits per heavy atom. The molecule has 0 unspecified atom stereocenters. The Labute approximate surface area is 89.2 Å². The van der Waals surface area contributed by atoms with Crippen molar-refractivity contribution < 1.29 is 0 Å². The maximum Gasteiger partial charge on any atom is 0.0704 e. The van der Waals surface area contributed by atoms with Crippen LogP contribution in [0.1, 0.15) is 5.56 Å². The van der Waals surface area contributed by atoms with Crippen LogP contribution in [0, 0.1) is 6.92 Å². The van der Waals surface area contributed by atoms with Gasteiger partial charge in [-0.05, 0) is 36.8 Å². The highest BCUT2D eigenvalue weighted by atomic mass is 32.1. The van der Waals surface area contributed by atoms with Gasteiger partial charge in [-0.3, -0.25) is 4.98 Å². The van der Waals surface area contributed by atoms with Crippen LogP contribution >= 0.6 is 12.6 Å². The minimum atomic E-state index is 0.988. The molecule has 0 aliphatic rings. The number of nitrogens with zero attached hydrogens (tertiary/aromatic N) is 1. The van der Waals surface area contributed by atoms with E-state index < -0.39 is 0 Å². The van der Waals surface area contributed by atoms with Crippen LogP contribution in [0.15, 0.2) is 47.5 Å². The molecule has 0 saturated heterocycles. The van der Waals surface area contributed by atoms with Gasteiger partial charge in [-0.1, -0.05) is 12.1 Å². The molecule has 1 aromatic carbocycles. The van der Waals surface area contributed by atoms with Gasteiger partial charge in [0.25, 0.3) is 0 Å². The molecule has 0 amide bonds. The van der Waals surface area contributed by atoms with Crippen LogP contribution < -0.4 is 0 Å². The molecule has 1 nitrogen and oxygen atoms in total. The fourth-order valence-corrected chi connectivity index (χ4v) is 1.73. The number of hydrogen-bond donors (Lipinski definition) is 1. The first-order chi connectivity index (χ1) is 6.77. The van der Waals surface area contributed by atoms with Crippen molar-refractivity contribution in [3.05, 3.63) is 48.2 Å². The van der Waals surface area contributed by atoms with Crippen molar-refractivity contribution in [2.75, 3.05) is 0 Å². The molecule has 14 heavy (non-hydrogen) atoms. The lowest BCUT2D eigenvalue weighted by Crippen LogP contribution is -1.85. The molecule has 2 rings (SSSR count). The lowest BCUT2D eigenvalue weighted by atomic mass is 10.1. The zero-order valence-electron chi connectivity index (χ0n) is 7.94. The Balaban J connectivity index is 2.53. The summed E-state index contributed by atoms with van der Waals surface area (Å²) in [6.45, 7) is 2.07. The van der Waals surface area contributed by atoms with E-state index in [0.717, 1.165) is 10.6 Å². The molecule has 0 saturated carbocycles. The Morgan fingerprint density at radius 2 is 2.00 bits per heavy atom. The average molecular weight is 201 g/mol. The first-order valence-corrected chi connectivity index (χ1v) is 4.93. The number of rotatable bonds is 1. The SMILES string of the molecule is Cc1cc(S)ccc1-c1ccccn1. The minimum Gasteiger partial charge on any atom is -0.256 e. The standard InChI is InChI=1S/C12H11NS/c1-9-8-10(14)5-6-11(9)12-4-2-3-7-13-12/h2-8,14H,1H3. The van der Waals surface area contributed by atoms with Gasteiger partial charge in [-0.25, -0.2) is 0 Å². The molecule has 0 aliphatic heterocycles. The number of benzene rings is 1. The summed E-state index contributed by atoms with van der Waals surface area (Å²) in [5, 5.41) is 0. The van der Waals surface area contributed by atoms with E-state index in [-0.39, 0.29) is 0 Å². The third-order valence-corrected chi connectivity index (χ3v) is 2.43. The molecule has 0 spiro atoms. The summed E-state index contributed by atoms with van der Waals surface area (Å²) in [7, 11) is 0. The summed E-state index contributed by atoms with van der Waals surface area (Å²) in [5.41, 5.74) is 3.39. The van der Waals surface area contributed by atoms with Gasteiger partial charge in [0, 0.05) is 16.7 Å². The van der Waals surface area contributed by atoms with Crippen molar-refractivity contribution >= 4 is 12.6 Å². The van der Waals surface area contributed by atoms with Crippen molar-refractivity contribution in [1.82, 2.24) is 4.98 Å². The predicted octanol–water partition coefficient (Wildman–Crippen LogP) is 3.35. The molecule has 0 radical (unpaired) electrons. The van der Waals surface area contributed by atoms with Crippen LogP contribution in [0.25, 0.3) is 11.3 Å². The minimum absolute atomic E-state index is 0.988. The van der Waals surface area contributed by atoms with Gasteiger partial charge in [0.15, 0.2) is 0 Å². The monoisotopic (exact) mass is 201 g/mol. The van der Waals surface area contributed by atoms with Gasteiger partial charge in [0.1, 0.15) is 0 Å². The Bertz CT molecular complexity index is 437. The lowest BCUT2D eigenvalue weighted by Gasteiger charge is -2.05. The molecule has 1 aromatic heterocycles. The van der Waals surface area contributed by atoms with Gasteiger partial charge >= 0.3 is 0 Å². The normalized spacial score (nSPS) is 10.1. The van der Waals surface area contributed by atoms with E-state index in [9.17, 15) is 0 Å². The summed E-state index contributed by atoms with van der Waals surface area (Å²) in [6, 6.07) is 12.0. The van der Waals surface area contributed by atoms with Crippen LogP contribution in [0.2, 0.25) is 0 Å². The summed E-state index contributed by atoms with van der Waals surface area (Å²) in [5.74, 6) is 0. The van der Waals surface area contributed by atoms with Gasteiger partial charge < -0.3 is 0 Å². The molecule has 0 fully saturated rings. The number of aromatic nitrogens is 1. The summed E-state index contributed by atoms with van der Waals surface area (Å²) in [4.78, 5) is 5.30. The third-order valence-electron chi connectivity index (χ3n) is 2.15. The van der Waals surface area contributed by atoms with E-state index in [0.29, 0.717) is 0 Å². The molecule has 1 heterocycles. The molecular weight excluding hydrogens is 190 g/mol. The number of aryl methyl sites for hydroxylation is 1. The van der Waals surface area contributed by atoms with Crippen molar-refractivity contribution in [2.24, 2.45) is 0 Å². The van der Waals surface area contributed by atoms with Crippen LogP contribution in [0.3, 0.4) is 0 Å². The lowest BCUT2D eigenvalue weighted by molar-refractivity contribution is 1.29. The van der Waals surface area contributed by atoms with Crippen LogP contribution in [0.4, 0.5) is 0 Å². The van der Waals surface area contributed by atoms with Gasteiger partial charge in [-0.15, -0.1) is 12.6 Å². The maximum absolute atomic E-state index is 4.31. The highest BCUT2D eigenvalue weighted by molar-refractivity contribution is 7.80. The summed E-state index contributed by atoms with van der Waals surface area (Å²) >= 11 is 4.29. The Kier molecular flexibility index (Phi) is 2.55. The largest absolute Gasteiger partial charge is 0.256 e. The van der Waals surface area contributed by atoms with Crippen molar-refractivity contribution in [1.29, 1.82) is 0 Å². The first kappa shape index (κ1) is 9.28. The van der Waals surface area contributed by atoms with Gasteiger partial charge in [0.2, 0.25) is 0 Å². The third kappa shape index (κ3) is 1.80. The van der Waals surface area contributed by atoms with Crippen molar-refractivity contribution in [3.8, 4) is 11.3 Å². The quantitative estimate of drug-likeness (QED) is 0.698. The summed E-state index contributed by atoms with van der Waals surface area (Å²) < 4.78 is 0. The zero-order chi connectivity index (χ0) is 9.97. The van der Waals surface area contributed by atoms with E-state index in [4.69, 9.17) is 0 Å². The van der Waals surface area contributed by atoms with Crippen LogP contribution in [-0.2, 0) is 0 Å². The molecule has 0 bridgehead atoms. The fraction of sp³-hybridized carbons (Fsp3) is 0.0833. The summed E-state index contributed by atoms with van der Waals surface area (Å²) in [6.07, 6.45) is 1.81. The Morgan fingerprint density at radius 1 is 1.14 bits per heavy atom. The second-order valence-corrected chi connectivity index (χ2v) is 3.73. The highest BCUT2D eigenvalue weighted by Gasteiger charge is 2.01. The van der Waals surface area contributed by atoms with E-state index >= 15 is 0 Å². The molecule has 0 N–H and O–H groups in total. The second-order valence-electron chi connectivity index (χ2n) is 3.21. The first-order valence-electron chi connectivity index (χ1n) is 4.48. The van der Waals surface area contributed by atoms with E-state index in [2.05, 4.69) is 30.6 Å². The Hall–Kier alpha value is -1.28. The molecule has 2 heteroatoms. The van der Waals surface area contributed by atoms with Crippen LogP contribution in [0.5, 0.6) is 0 Å². The number of hydrogen-bond acceptors (Lipinski definition) is 2. The molecule has 2 aromatic rings. The topological polar surface area (TPSA) is 12.9 Å². The molecular formula is C12H11NS. The van der Waals surface area contributed by atoms with Crippen molar-refractivity contribution in [2.45, 2.75) is 11.8 Å². The van der Waals surface area contributed by atoms with Gasteiger partial charge in [0.05, 0.1) is 5.69 Å². The van der Waals surface area contributed by atoms with E-state index in [1.54, 1.807) is 0 Å². The number of pyridine rings is 1. The van der Waals surface area contributed by atoms with Crippen LogP contribution in [-0.4, -0.2) is 4.98 Å². The molecule has 0 aliphatic carbocycles.